The Morgan fingerprint density at radius 2 is 1.93 bits per heavy atom. The van der Waals surface area contributed by atoms with Crippen molar-refractivity contribution in [3.8, 4) is 0 Å². The van der Waals surface area contributed by atoms with Gasteiger partial charge in [0, 0.05) is 6.54 Å². The molecule has 0 saturated heterocycles. The van der Waals surface area contributed by atoms with Crippen molar-refractivity contribution >= 4 is 0 Å². The summed E-state index contributed by atoms with van der Waals surface area (Å²) in [7, 11) is 2.24. The number of unbranched alkanes of at least 4 members (excludes halogenated alkanes) is 1. The summed E-state index contributed by atoms with van der Waals surface area (Å²) in [6.07, 6.45) is 3.92. The largest absolute Gasteiger partial charge is 0.317 e. The first kappa shape index (κ1) is 13.9. The summed E-state index contributed by atoms with van der Waals surface area (Å²) < 4.78 is 0. The SMILES string of the molecule is CCNCCCCN(C)CC(C)CC. The van der Waals surface area contributed by atoms with Crippen LogP contribution in [-0.2, 0) is 0 Å². The maximum Gasteiger partial charge on any atom is 0.000387 e. The van der Waals surface area contributed by atoms with E-state index in [2.05, 4.69) is 38.0 Å². The minimum absolute atomic E-state index is 0.841. The van der Waals surface area contributed by atoms with E-state index < -0.39 is 0 Å². The smallest absolute Gasteiger partial charge is 0.000387 e. The number of hydrogen-bond acceptors (Lipinski definition) is 2. The molecule has 1 unspecified atom stereocenters. The highest BCUT2D eigenvalue weighted by molar-refractivity contribution is 4.58. The molecule has 0 aromatic rings. The summed E-state index contributed by atoms with van der Waals surface area (Å²) >= 11 is 0. The van der Waals surface area contributed by atoms with E-state index in [0.29, 0.717) is 0 Å². The zero-order valence-electron chi connectivity index (χ0n) is 10.5. The molecule has 0 rings (SSSR count). The fraction of sp³-hybridized carbons (Fsp3) is 1.00. The third-order valence-electron chi connectivity index (χ3n) is 2.71. The maximum absolute atomic E-state index is 3.36. The number of hydrogen-bond donors (Lipinski definition) is 1. The van der Waals surface area contributed by atoms with Crippen LogP contribution in [0.25, 0.3) is 0 Å². The maximum atomic E-state index is 3.36. The van der Waals surface area contributed by atoms with Crippen LogP contribution in [0.3, 0.4) is 0 Å². The Bertz CT molecular complexity index is 115. The number of rotatable bonds is 9. The van der Waals surface area contributed by atoms with Gasteiger partial charge in [-0.1, -0.05) is 27.2 Å². The van der Waals surface area contributed by atoms with E-state index in [4.69, 9.17) is 0 Å². The van der Waals surface area contributed by atoms with E-state index >= 15 is 0 Å². The van der Waals surface area contributed by atoms with Crippen LogP contribution >= 0.6 is 0 Å². The molecule has 0 saturated carbocycles. The molecule has 0 fully saturated rings. The van der Waals surface area contributed by atoms with E-state index in [1.165, 1.54) is 38.9 Å². The van der Waals surface area contributed by atoms with E-state index in [1.54, 1.807) is 0 Å². The minimum atomic E-state index is 0.841. The fourth-order valence-electron chi connectivity index (χ4n) is 1.56. The molecule has 0 aliphatic rings. The molecule has 86 valence electrons. The predicted molar refractivity (Wildman–Crippen MR) is 64.7 cm³/mol. The van der Waals surface area contributed by atoms with Crippen molar-refractivity contribution in [2.24, 2.45) is 5.92 Å². The first-order valence-electron chi connectivity index (χ1n) is 6.09. The Kier molecular flexibility index (Phi) is 9.42. The van der Waals surface area contributed by atoms with Crippen LogP contribution in [0.5, 0.6) is 0 Å². The van der Waals surface area contributed by atoms with E-state index in [1.807, 2.05) is 0 Å². The molecule has 0 aromatic heterocycles. The monoisotopic (exact) mass is 200 g/mol. The Labute approximate surface area is 90.1 Å². The topological polar surface area (TPSA) is 15.3 Å². The van der Waals surface area contributed by atoms with Gasteiger partial charge >= 0.3 is 0 Å². The lowest BCUT2D eigenvalue weighted by Crippen LogP contribution is -2.26. The normalized spacial score (nSPS) is 13.5. The van der Waals surface area contributed by atoms with E-state index in [-0.39, 0.29) is 0 Å². The van der Waals surface area contributed by atoms with Crippen molar-refractivity contribution in [2.45, 2.75) is 40.0 Å². The van der Waals surface area contributed by atoms with Crippen molar-refractivity contribution < 1.29 is 0 Å². The summed E-state index contributed by atoms with van der Waals surface area (Å²) in [6.45, 7) is 11.5. The van der Waals surface area contributed by atoms with Gasteiger partial charge in [-0.05, 0) is 45.4 Å². The Balaban J connectivity index is 3.22. The summed E-state index contributed by atoms with van der Waals surface area (Å²) in [5, 5.41) is 3.36. The molecular weight excluding hydrogens is 172 g/mol. The van der Waals surface area contributed by atoms with Crippen LogP contribution < -0.4 is 5.32 Å². The molecule has 0 bridgehead atoms. The van der Waals surface area contributed by atoms with E-state index in [9.17, 15) is 0 Å². The Morgan fingerprint density at radius 1 is 1.21 bits per heavy atom. The summed E-state index contributed by atoms with van der Waals surface area (Å²) in [5.74, 6) is 0.841. The molecule has 0 heterocycles. The molecule has 1 atom stereocenters. The van der Waals surface area contributed by atoms with Crippen molar-refractivity contribution in [1.29, 1.82) is 0 Å². The van der Waals surface area contributed by atoms with Gasteiger partial charge in [0.1, 0.15) is 0 Å². The molecule has 0 aliphatic carbocycles. The zero-order chi connectivity index (χ0) is 10.8. The lowest BCUT2D eigenvalue weighted by atomic mass is 10.1. The highest BCUT2D eigenvalue weighted by Crippen LogP contribution is 2.03. The van der Waals surface area contributed by atoms with Gasteiger partial charge in [-0.2, -0.15) is 0 Å². The number of nitrogens with one attached hydrogen (secondary N) is 1. The predicted octanol–water partition coefficient (Wildman–Crippen LogP) is 2.35. The fourth-order valence-corrected chi connectivity index (χ4v) is 1.56. The summed E-state index contributed by atoms with van der Waals surface area (Å²) in [5.41, 5.74) is 0. The third-order valence-corrected chi connectivity index (χ3v) is 2.71. The molecule has 14 heavy (non-hydrogen) atoms. The van der Waals surface area contributed by atoms with Crippen molar-refractivity contribution in [3.63, 3.8) is 0 Å². The van der Waals surface area contributed by atoms with Crippen molar-refractivity contribution in [1.82, 2.24) is 10.2 Å². The van der Waals surface area contributed by atoms with Gasteiger partial charge in [-0.25, -0.2) is 0 Å². The van der Waals surface area contributed by atoms with Gasteiger partial charge < -0.3 is 10.2 Å². The van der Waals surface area contributed by atoms with Gasteiger partial charge in [0.15, 0.2) is 0 Å². The van der Waals surface area contributed by atoms with Crippen LogP contribution in [0.2, 0.25) is 0 Å². The van der Waals surface area contributed by atoms with Crippen LogP contribution in [-0.4, -0.2) is 38.1 Å². The summed E-state index contributed by atoms with van der Waals surface area (Å²) in [6, 6.07) is 0. The lowest BCUT2D eigenvalue weighted by Gasteiger charge is -2.20. The van der Waals surface area contributed by atoms with Gasteiger partial charge in [0.25, 0.3) is 0 Å². The second-order valence-electron chi connectivity index (χ2n) is 4.34. The average Bonchev–Trinajstić information content (AvgIpc) is 2.17. The van der Waals surface area contributed by atoms with Crippen LogP contribution in [0.1, 0.15) is 40.0 Å². The first-order chi connectivity index (χ1) is 6.70. The molecule has 2 nitrogen and oxygen atoms in total. The standard InChI is InChI=1S/C12H28N2/c1-5-12(3)11-14(4)10-8-7-9-13-6-2/h12-13H,5-11H2,1-4H3. The average molecular weight is 200 g/mol. The molecular formula is C12H28N2. The molecule has 1 N–H and O–H groups in total. The molecule has 0 amide bonds. The van der Waals surface area contributed by atoms with Crippen molar-refractivity contribution in [3.05, 3.63) is 0 Å². The van der Waals surface area contributed by atoms with Crippen LogP contribution in [0.15, 0.2) is 0 Å². The quantitative estimate of drug-likeness (QED) is 0.575. The Morgan fingerprint density at radius 3 is 2.50 bits per heavy atom. The van der Waals surface area contributed by atoms with Crippen LogP contribution in [0, 0.1) is 5.92 Å². The molecule has 0 aromatic carbocycles. The van der Waals surface area contributed by atoms with Gasteiger partial charge in [0.05, 0.1) is 0 Å². The summed E-state index contributed by atoms with van der Waals surface area (Å²) in [4.78, 5) is 2.46. The highest BCUT2D eigenvalue weighted by Gasteiger charge is 2.03. The lowest BCUT2D eigenvalue weighted by molar-refractivity contribution is 0.277. The van der Waals surface area contributed by atoms with Crippen molar-refractivity contribution in [2.75, 3.05) is 33.2 Å². The molecule has 0 spiro atoms. The minimum Gasteiger partial charge on any atom is -0.317 e. The van der Waals surface area contributed by atoms with E-state index in [0.717, 1.165) is 12.5 Å². The highest BCUT2D eigenvalue weighted by atomic mass is 15.1. The number of nitrogens with zero attached hydrogens (tertiary/aromatic N) is 1. The van der Waals surface area contributed by atoms with Gasteiger partial charge in [0.2, 0.25) is 0 Å². The zero-order valence-corrected chi connectivity index (χ0v) is 10.5. The first-order valence-corrected chi connectivity index (χ1v) is 6.09. The third kappa shape index (κ3) is 8.52. The molecule has 0 aliphatic heterocycles. The van der Waals surface area contributed by atoms with Gasteiger partial charge in [-0.15, -0.1) is 0 Å². The second kappa shape index (κ2) is 9.47. The van der Waals surface area contributed by atoms with Gasteiger partial charge in [-0.3, -0.25) is 0 Å². The Hall–Kier alpha value is -0.0800. The second-order valence-corrected chi connectivity index (χ2v) is 4.34. The molecule has 0 radical (unpaired) electrons. The van der Waals surface area contributed by atoms with Crippen LogP contribution in [0.4, 0.5) is 0 Å². The molecule has 2 heteroatoms.